The molecule has 0 aromatic heterocycles. The zero-order valence-electron chi connectivity index (χ0n) is 20.1. The lowest BCUT2D eigenvalue weighted by molar-refractivity contribution is -0.139. The number of carboxylic acids is 1. The smallest absolute Gasteiger partial charge is 0.320 e. The molecule has 1 rings (SSSR count). The van der Waals surface area contributed by atoms with Gasteiger partial charge in [0.05, 0.1) is 6.54 Å². The van der Waals surface area contributed by atoms with Gasteiger partial charge in [-0.25, -0.2) is 0 Å². The van der Waals surface area contributed by atoms with Gasteiger partial charge in [0.25, 0.3) is 5.91 Å². The molecule has 33 heavy (non-hydrogen) atoms. The van der Waals surface area contributed by atoms with Gasteiger partial charge >= 0.3 is 5.97 Å². The Morgan fingerprint density at radius 2 is 1.58 bits per heavy atom. The predicted molar refractivity (Wildman–Crippen MR) is 129 cm³/mol. The van der Waals surface area contributed by atoms with Crippen LogP contribution in [-0.2, 0) is 14.4 Å². The van der Waals surface area contributed by atoms with Crippen molar-refractivity contribution in [1.82, 2.24) is 21.3 Å². The van der Waals surface area contributed by atoms with Gasteiger partial charge in [0.2, 0.25) is 11.8 Å². The van der Waals surface area contributed by atoms with E-state index in [0.29, 0.717) is 0 Å². The molecule has 0 saturated heterocycles. The van der Waals surface area contributed by atoms with E-state index in [9.17, 15) is 19.2 Å². The van der Waals surface area contributed by atoms with Crippen LogP contribution >= 0.6 is 0 Å². The summed E-state index contributed by atoms with van der Waals surface area (Å²) < 4.78 is 0. The van der Waals surface area contributed by atoms with Crippen LogP contribution in [0, 0.1) is 0 Å². The predicted octanol–water partition coefficient (Wildman–Crippen LogP) is 1.34. The average Bonchev–Trinajstić information content (AvgIpc) is 2.82. The number of aliphatic carboxylic acids is 1. The Morgan fingerprint density at radius 3 is 2.09 bits per heavy atom. The number of rotatable bonds is 14. The first-order valence-corrected chi connectivity index (χ1v) is 11.3. The molecule has 0 fully saturated rings. The lowest BCUT2D eigenvalue weighted by atomic mass is 10.1. The SMILES string of the molecule is CCCCNC(=O)c1ccc(NCCC)cc1.CNC(=O)CNC(=O)CCC(NC)C(=O)O. The molecule has 0 heterocycles. The van der Waals surface area contributed by atoms with E-state index in [1.54, 1.807) is 0 Å². The number of carbonyl (C=O) groups is 4. The van der Waals surface area contributed by atoms with Crippen LogP contribution in [-0.4, -0.2) is 68.6 Å². The minimum absolute atomic E-state index is 0.0143. The molecule has 0 radical (unpaired) electrons. The van der Waals surface area contributed by atoms with Crippen molar-refractivity contribution in [1.29, 1.82) is 0 Å². The fourth-order valence-corrected chi connectivity index (χ4v) is 2.51. The van der Waals surface area contributed by atoms with Crippen LogP contribution < -0.4 is 26.6 Å². The maximum Gasteiger partial charge on any atom is 0.320 e. The molecular weight excluding hydrogens is 426 g/mol. The molecule has 3 amide bonds. The van der Waals surface area contributed by atoms with Crippen LogP contribution in [0.15, 0.2) is 24.3 Å². The van der Waals surface area contributed by atoms with Crippen LogP contribution in [0.5, 0.6) is 0 Å². The van der Waals surface area contributed by atoms with Gasteiger partial charge in [0.1, 0.15) is 6.04 Å². The fourth-order valence-electron chi connectivity index (χ4n) is 2.51. The summed E-state index contributed by atoms with van der Waals surface area (Å²) in [6, 6.07) is 6.87. The highest BCUT2D eigenvalue weighted by atomic mass is 16.4. The Hall–Kier alpha value is -3.14. The van der Waals surface area contributed by atoms with Crippen molar-refractivity contribution in [3.8, 4) is 0 Å². The zero-order valence-corrected chi connectivity index (χ0v) is 20.1. The van der Waals surface area contributed by atoms with E-state index in [0.717, 1.165) is 43.6 Å². The van der Waals surface area contributed by atoms with Gasteiger partial charge in [-0.2, -0.15) is 0 Å². The van der Waals surface area contributed by atoms with Gasteiger partial charge in [0.15, 0.2) is 0 Å². The molecule has 0 aliphatic carbocycles. The van der Waals surface area contributed by atoms with Gasteiger partial charge in [-0.1, -0.05) is 20.3 Å². The zero-order chi connectivity index (χ0) is 25.1. The molecule has 186 valence electrons. The van der Waals surface area contributed by atoms with E-state index in [-0.39, 0.29) is 37.1 Å². The number of anilines is 1. The van der Waals surface area contributed by atoms with Crippen molar-refractivity contribution in [2.45, 2.75) is 52.0 Å². The highest BCUT2D eigenvalue weighted by Crippen LogP contribution is 2.09. The Labute approximate surface area is 196 Å². The monoisotopic (exact) mass is 465 g/mol. The van der Waals surface area contributed by atoms with E-state index >= 15 is 0 Å². The van der Waals surface area contributed by atoms with Gasteiger partial charge in [0, 0.05) is 37.8 Å². The third-order valence-electron chi connectivity index (χ3n) is 4.57. The summed E-state index contributed by atoms with van der Waals surface area (Å²) in [7, 11) is 2.98. The quantitative estimate of drug-likeness (QED) is 0.227. The number of unbranched alkanes of at least 4 members (excludes halogenated alkanes) is 1. The maximum atomic E-state index is 11.7. The first-order chi connectivity index (χ1) is 15.8. The minimum Gasteiger partial charge on any atom is -0.480 e. The first kappa shape index (κ1) is 29.9. The van der Waals surface area contributed by atoms with E-state index < -0.39 is 12.0 Å². The second-order valence-corrected chi connectivity index (χ2v) is 7.28. The molecule has 6 N–H and O–H groups in total. The first-order valence-electron chi connectivity index (χ1n) is 11.3. The molecule has 10 nitrogen and oxygen atoms in total. The third kappa shape index (κ3) is 14.5. The van der Waals surface area contributed by atoms with Crippen molar-refractivity contribution in [3.05, 3.63) is 29.8 Å². The van der Waals surface area contributed by atoms with Crippen molar-refractivity contribution >= 4 is 29.4 Å². The topological polar surface area (TPSA) is 149 Å². The highest BCUT2D eigenvalue weighted by Gasteiger charge is 2.16. The molecule has 1 atom stereocenters. The van der Waals surface area contributed by atoms with Crippen LogP contribution in [0.1, 0.15) is 56.3 Å². The van der Waals surface area contributed by atoms with Crippen LogP contribution in [0.25, 0.3) is 0 Å². The van der Waals surface area contributed by atoms with Crippen LogP contribution in [0.4, 0.5) is 5.69 Å². The fraction of sp³-hybridized carbons (Fsp3) is 0.565. The standard InChI is InChI=1S/C14H22N2O.C9H17N3O4/c1-3-5-11-16-14(17)12-6-8-13(9-7-12)15-10-4-2;1-10-6(9(15)16)3-4-7(13)12-5-8(14)11-2/h6-9,15H,3-5,10-11H2,1-2H3,(H,16,17);6,10H,3-5H2,1-2H3,(H,11,14)(H,12,13)(H,15,16). The number of amides is 3. The summed E-state index contributed by atoms with van der Waals surface area (Å²) in [6.45, 7) is 5.86. The molecule has 1 aromatic carbocycles. The summed E-state index contributed by atoms with van der Waals surface area (Å²) in [5.41, 5.74) is 1.79. The summed E-state index contributed by atoms with van der Waals surface area (Å²) in [4.78, 5) is 44.3. The van der Waals surface area contributed by atoms with Gasteiger partial charge < -0.3 is 31.7 Å². The normalized spacial score (nSPS) is 10.8. The van der Waals surface area contributed by atoms with Crippen molar-refractivity contribution in [2.75, 3.05) is 39.0 Å². The number of hydrogen-bond donors (Lipinski definition) is 6. The van der Waals surface area contributed by atoms with Gasteiger partial charge in [-0.05, 0) is 50.6 Å². The van der Waals surface area contributed by atoms with Crippen molar-refractivity contribution < 1.29 is 24.3 Å². The minimum atomic E-state index is -0.999. The van der Waals surface area contributed by atoms with E-state index in [2.05, 4.69) is 40.4 Å². The maximum absolute atomic E-state index is 11.7. The third-order valence-corrected chi connectivity index (χ3v) is 4.57. The van der Waals surface area contributed by atoms with Crippen LogP contribution in [0.3, 0.4) is 0 Å². The molecule has 0 saturated carbocycles. The van der Waals surface area contributed by atoms with Crippen LogP contribution in [0.2, 0.25) is 0 Å². The molecule has 1 aromatic rings. The molecule has 10 heteroatoms. The number of benzene rings is 1. The summed E-state index contributed by atoms with van der Waals surface area (Å²) in [6.07, 6.45) is 3.47. The molecule has 1 unspecified atom stereocenters. The van der Waals surface area contributed by atoms with Crippen molar-refractivity contribution in [2.24, 2.45) is 0 Å². The number of carbonyl (C=O) groups excluding carboxylic acids is 3. The molecule has 0 aliphatic rings. The second-order valence-electron chi connectivity index (χ2n) is 7.28. The lowest BCUT2D eigenvalue weighted by Gasteiger charge is -2.10. The van der Waals surface area contributed by atoms with E-state index in [1.165, 1.54) is 14.1 Å². The Morgan fingerprint density at radius 1 is 0.909 bits per heavy atom. The Bertz CT molecular complexity index is 724. The van der Waals surface area contributed by atoms with E-state index in [4.69, 9.17) is 5.11 Å². The number of carboxylic acid groups (broad SMARTS) is 1. The molecule has 0 spiro atoms. The average molecular weight is 466 g/mol. The van der Waals surface area contributed by atoms with Gasteiger partial charge in [-0.15, -0.1) is 0 Å². The number of nitrogens with one attached hydrogen (secondary N) is 5. The molecular formula is C23H39N5O5. The largest absolute Gasteiger partial charge is 0.480 e. The lowest BCUT2D eigenvalue weighted by Crippen LogP contribution is -2.38. The number of hydrogen-bond acceptors (Lipinski definition) is 6. The van der Waals surface area contributed by atoms with E-state index in [1.807, 2.05) is 24.3 Å². The Balaban J connectivity index is 0.000000622. The summed E-state index contributed by atoms with van der Waals surface area (Å²) >= 11 is 0. The van der Waals surface area contributed by atoms with Crippen molar-refractivity contribution in [3.63, 3.8) is 0 Å². The summed E-state index contributed by atoms with van der Waals surface area (Å²) in [5, 5.41) is 22.2. The second kappa shape index (κ2) is 18.4. The summed E-state index contributed by atoms with van der Waals surface area (Å²) in [5.74, 6) is -1.62. The molecule has 0 aliphatic heterocycles. The molecule has 0 bridgehead atoms. The Kier molecular flexibility index (Phi) is 16.7. The highest BCUT2D eigenvalue weighted by molar-refractivity contribution is 5.94. The van der Waals surface area contributed by atoms with Gasteiger partial charge in [-0.3, -0.25) is 19.2 Å². The number of likely N-dealkylation sites (N-methyl/N-ethyl adjacent to an activating group) is 2.